The molecule has 3 amide bonds. The molecular weight excluding hydrogens is 394 g/mol. The maximum atomic E-state index is 13.1. The molecular formula is C24H33N3O4. The molecule has 3 fully saturated rings. The highest BCUT2D eigenvalue weighted by atomic mass is 16.5. The van der Waals surface area contributed by atoms with Crippen molar-refractivity contribution in [2.24, 2.45) is 5.41 Å². The number of nitrogens with zero attached hydrogens (tertiary/aromatic N) is 2. The number of piperidine rings is 1. The number of hydrogen-bond acceptors (Lipinski definition) is 4. The summed E-state index contributed by atoms with van der Waals surface area (Å²) < 4.78 is 5.17. The van der Waals surface area contributed by atoms with Crippen molar-refractivity contribution < 1.29 is 19.1 Å². The molecule has 7 nitrogen and oxygen atoms in total. The lowest BCUT2D eigenvalue weighted by Gasteiger charge is -2.37. The second kappa shape index (κ2) is 8.89. The highest BCUT2D eigenvalue weighted by molar-refractivity contribution is 5.94. The van der Waals surface area contributed by atoms with Crippen molar-refractivity contribution in [2.75, 3.05) is 27.2 Å². The molecule has 0 radical (unpaired) electrons. The van der Waals surface area contributed by atoms with Crippen molar-refractivity contribution in [3.05, 3.63) is 29.8 Å². The monoisotopic (exact) mass is 427 g/mol. The molecule has 1 aliphatic carbocycles. The molecule has 4 rings (SSSR count). The van der Waals surface area contributed by atoms with E-state index in [-0.39, 0.29) is 23.8 Å². The van der Waals surface area contributed by atoms with Crippen molar-refractivity contribution in [3.63, 3.8) is 0 Å². The number of ether oxygens (including phenoxy) is 1. The third kappa shape index (κ3) is 4.41. The van der Waals surface area contributed by atoms with Crippen molar-refractivity contribution in [1.29, 1.82) is 0 Å². The normalized spacial score (nSPS) is 23.4. The number of amides is 3. The summed E-state index contributed by atoms with van der Waals surface area (Å²) in [7, 11) is 3.37. The average molecular weight is 428 g/mol. The zero-order chi connectivity index (χ0) is 22.0. The number of nitrogens with one attached hydrogen (secondary N) is 1. The van der Waals surface area contributed by atoms with Crippen LogP contribution < -0.4 is 10.1 Å². The highest BCUT2D eigenvalue weighted by Gasteiger charge is 2.53. The zero-order valence-electron chi connectivity index (χ0n) is 18.6. The van der Waals surface area contributed by atoms with E-state index >= 15 is 0 Å². The Morgan fingerprint density at radius 1 is 1.13 bits per heavy atom. The van der Waals surface area contributed by atoms with Gasteiger partial charge < -0.3 is 19.9 Å². The van der Waals surface area contributed by atoms with E-state index in [2.05, 4.69) is 5.32 Å². The largest absolute Gasteiger partial charge is 0.497 e. The summed E-state index contributed by atoms with van der Waals surface area (Å²) in [5.74, 6) is 0.889. The van der Waals surface area contributed by atoms with E-state index in [9.17, 15) is 14.4 Å². The van der Waals surface area contributed by atoms with Crippen LogP contribution in [0.4, 0.5) is 0 Å². The van der Waals surface area contributed by atoms with Gasteiger partial charge in [-0.05, 0) is 49.8 Å². The maximum absolute atomic E-state index is 13.1. The summed E-state index contributed by atoms with van der Waals surface area (Å²) in [6, 6.07) is 7.39. The van der Waals surface area contributed by atoms with Crippen molar-refractivity contribution in [2.45, 2.75) is 63.5 Å². The number of carbonyl (C=O) groups is 3. The van der Waals surface area contributed by atoms with Crippen molar-refractivity contribution >= 4 is 17.7 Å². The van der Waals surface area contributed by atoms with Crippen LogP contribution in [0.2, 0.25) is 0 Å². The van der Waals surface area contributed by atoms with E-state index in [1.165, 1.54) is 0 Å². The number of likely N-dealkylation sites (N-methyl/N-ethyl adjacent to an activating group) is 1. The molecule has 1 aromatic carbocycles. The summed E-state index contributed by atoms with van der Waals surface area (Å²) in [6.07, 6.45) is 6.54. The summed E-state index contributed by atoms with van der Waals surface area (Å²) >= 11 is 0. The van der Waals surface area contributed by atoms with Crippen molar-refractivity contribution in [1.82, 2.24) is 15.1 Å². The molecule has 2 saturated heterocycles. The highest BCUT2D eigenvalue weighted by Crippen LogP contribution is 2.44. The van der Waals surface area contributed by atoms with Crippen LogP contribution in [0.25, 0.3) is 0 Å². The Hall–Kier alpha value is -2.57. The molecule has 7 heteroatoms. The molecule has 2 aliphatic heterocycles. The lowest BCUT2D eigenvalue weighted by atomic mass is 9.75. The van der Waals surface area contributed by atoms with Crippen LogP contribution in [0.5, 0.6) is 5.75 Å². The van der Waals surface area contributed by atoms with E-state index in [0.29, 0.717) is 38.8 Å². The first-order valence-electron chi connectivity index (χ1n) is 11.4. The van der Waals surface area contributed by atoms with Crippen LogP contribution in [-0.2, 0) is 20.8 Å². The van der Waals surface area contributed by atoms with Gasteiger partial charge in [0.05, 0.1) is 18.9 Å². The average Bonchev–Trinajstić information content (AvgIpc) is 3.37. The molecule has 168 valence electrons. The van der Waals surface area contributed by atoms with E-state index < -0.39 is 11.5 Å². The van der Waals surface area contributed by atoms with Crippen LogP contribution in [0.3, 0.4) is 0 Å². The molecule has 2 heterocycles. The fourth-order valence-electron chi connectivity index (χ4n) is 5.38. The summed E-state index contributed by atoms with van der Waals surface area (Å²) in [5.41, 5.74) is 0.440. The molecule has 1 atom stereocenters. The Morgan fingerprint density at radius 2 is 1.77 bits per heavy atom. The quantitative estimate of drug-likeness (QED) is 0.781. The fourth-order valence-corrected chi connectivity index (χ4v) is 5.38. The van der Waals surface area contributed by atoms with Gasteiger partial charge in [0, 0.05) is 26.2 Å². The smallest absolute Gasteiger partial charge is 0.243 e. The number of likely N-dealkylation sites (tertiary alicyclic amines) is 2. The minimum absolute atomic E-state index is 0.0161. The van der Waals surface area contributed by atoms with E-state index in [1.54, 1.807) is 19.1 Å². The third-order valence-electron chi connectivity index (χ3n) is 7.42. The Kier molecular flexibility index (Phi) is 6.21. The van der Waals surface area contributed by atoms with Crippen LogP contribution in [-0.4, -0.2) is 66.9 Å². The second-order valence-electron chi connectivity index (χ2n) is 9.31. The van der Waals surface area contributed by atoms with Crippen molar-refractivity contribution in [3.8, 4) is 5.75 Å². The van der Waals surface area contributed by atoms with Gasteiger partial charge in [-0.2, -0.15) is 0 Å². The summed E-state index contributed by atoms with van der Waals surface area (Å²) in [5, 5.41) is 3.15. The molecule has 1 N–H and O–H groups in total. The third-order valence-corrected chi connectivity index (χ3v) is 7.42. The van der Waals surface area contributed by atoms with Gasteiger partial charge in [0.25, 0.3) is 0 Å². The predicted molar refractivity (Wildman–Crippen MR) is 117 cm³/mol. The van der Waals surface area contributed by atoms with Crippen LogP contribution >= 0.6 is 0 Å². The number of benzene rings is 1. The summed E-state index contributed by atoms with van der Waals surface area (Å²) in [4.78, 5) is 42.2. The van der Waals surface area contributed by atoms with E-state index in [0.717, 1.165) is 37.0 Å². The number of rotatable bonds is 5. The Balaban J connectivity index is 1.33. The van der Waals surface area contributed by atoms with Gasteiger partial charge in [-0.3, -0.25) is 14.4 Å². The van der Waals surface area contributed by atoms with Crippen LogP contribution in [0.15, 0.2) is 24.3 Å². The van der Waals surface area contributed by atoms with E-state index in [4.69, 9.17) is 4.74 Å². The van der Waals surface area contributed by atoms with E-state index in [1.807, 2.05) is 29.2 Å². The molecule has 1 saturated carbocycles. The summed E-state index contributed by atoms with van der Waals surface area (Å²) in [6.45, 7) is 1.12. The lowest BCUT2D eigenvalue weighted by molar-refractivity contribution is -0.142. The number of carbonyl (C=O) groups excluding carboxylic acids is 3. The Bertz CT molecular complexity index is 824. The predicted octanol–water partition coefficient (Wildman–Crippen LogP) is 2.14. The number of hydrogen-bond donors (Lipinski definition) is 1. The van der Waals surface area contributed by atoms with Gasteiger partial charge in [-0.25, -0.2) is 0 Å². The molecule has 0 bridgehead atoms. The minimum atomic E-state index is -0.511. The Morgan fingerprint density at radius 3 is 2.39 bits per heavy atom. The SMILES string of the molecule is COc1ccc(CC(=O)N2CCC3(CC2)CC(C(=O)NC2CCCC2)N(C)C3=O)cc1. The minimum Gasteiger partial charge on any atom is -0.497 e. The molecule has 3 aliphatic rings. The topological polar surface area (TPSA) is 79.0 Å². The molecule has 0 aromatic heterocycles. The first kappa shape index (κ1) is 21.7. The van der Waals surface area contributed by atoms with Gasteiger partial charge in [0.15, 0.2) is 0 Å². The number of methoxy groups -OCH3 is 1. The maximum Gasteiger partial charge on any atom is 0.243 e. The molecule has 1 spiro atoms. The Labute approximate surface area is 184 Å². The van der Waals surface area contributed by atoms with Crippen LogP contribution in [0, 0.1) is 5.41 Å². The van der Waals surface area contributed by atoms with Gasteiger partial charge in [-0.1, -0.05) is 25.0 Å². The fraction of sp³-hybridized carbons (Fsp3) is 0.625. The van der Waals surface area contributed by atoms with Gasteiger partial charge >= 0.3 is 0 Å². The standard InChI is InChI=1S/C24H33N3O4/c1-26-20(22(29)25-18-5-3-4-6-18)16-24(23(26)30)11-13-27(14-12-24)21(28)15-17-7-9-19(31-2)10-8-17/h7-10,18,20H,3-6,11-16H2,1-2H3,(H,25,29). The van der Waals surface area contributed by atoms with Gasteiger partial charge in [0.2, 0.25) is 17.7 Å². The lowest BCUT2D eigenvalue weighted by Crippen LogP contribution is -2.47. The van der Waals surface area contributed by atoms with Gasteiger partial charge in [-0.15, -0.1) is 0 Å². The first-order valence-corrected chi connectivity index (χ1v) is 11.4. The van der Waals surface area contributed by atoms with Gasteiger partial charge in [0.1, 0.15) is 11.8 Å². The molecule has 1 unspecified atom stereocenters. The zero-order valence-corrected chi connectivity index (χ0v) is 18.6. The van der Waals surface area contributed by atoms with Crippen LogP contribution in [0.1, 0.15) is 50.5 Å². The first-order chi connectivity index (χ1) is 14.9. The second-order valence-corrected chi connectivity index (χ2v) is 9.31. The molecule has 1 aromatic rings. The molecule has 31 heavy (non-hydrogen) atoms.